The molecule has 0 heterocycles. The minimum absolute atomic E-state index is 0.733. The molecule has 2 nitrogen and oxygen atoms in total. The number of hydrogen-bond donors (Lipinski definition) is 2. The van der Waals surface area contributed by atoms with Gasteiger partial charge in [0.15, 0.2) is 0 Å². The van der Waals surface area contributed by atoms with Crippen LogP contribution < -0.4 is 11.1 Å². The molecule has 1 unspecified atom stereocenters. The van der Waals surface area contributed by atoms with E-state index in [0.29, 0.717) is 0 Å². The summed E-state index contributed by atoms with van der Waals surface area (Å²) >= 11 is 0. The molecule has 0 rings (SSSR count). The highest BCUT2D eigenvalue weighted by atomic mass is 14.9. The van der Waals surface area contributed by atoms with Crippen LogP contribution in [0.4, 0.5) is 0 Å². The van der Waals surface area contributed by atoms with E-state index in [1.54, 1.807) is 0 Å². The second kappa shape index (κ2) is 10.0. The zero-order valence-corrected chi connectivity index (χ0v) is 9.31. The first-order chi connectivity index (χ1) is 6.35. The minimum Gasteiger partial charge on any atom is -0.330 e. The van der Waals surface area contributed by atoms with E-state index < -0.39 is 0 Å². The predicted octanol–water partition coefficient (Wildman–Crippen LogP) is 2.28. The molecule has 0 saturated heterocycles. The molecule has 0 aliphatic rings. The van der Waals surface area contributed by atoms with Gasteiger partial charge in [0, 0.05) is 6.04 Å². The normalized spacial score (nSPS) is 13.2. The maximum atomic E-state index is 5.45. The van der Waals surface area contributed by atoms with Crippen molar-refractivity contribution >= 4 is 0 Å². The summed E-state index contributed by atoms with van der Waals surface area (Å²) in [5.41, 5.74) is 5.45. The maximum absolute atomic E-state index is 5.45. The fraction of sp³-hybridized carbons (Fsp3) is 1.00. The summed E-state index contributed by atoms with van der Waals surface area (Å²) in [5.74, 6) is 0. The topological polar surface area (TPSA) is 38.0 Å². The predicted molar refractivity (Wildman–Crippen MR) is 59.9 cm³/mol. The second-order valence-electron chi connectivity index (χ2n) is 3.72. The van der Waals surface area contributed by atoms with Crippen LogP contribution in [0.1, 0.15) is 52.4 Å². The van der Waals surface area contributed by atoms with Crippen molar-refractivity contribution in [1.82, 2.24) is 5.32 Å². The molecule has 0 aromatic carbocycles. The number of unbranched alkanes of at least 4 members (excludes halogenated alkanes) is 1. The highest BCUT2D eigenvalue weighted by Gasteiger charge is 2.04. The molecule has 0 spiro atoms. The Morgan fingerprint density at radius 1 is 1.08 bits per heavy atom. The van der Waals surface area contributed by atoms with Crippen molar-refractivity contribution in [3.8, 4) is 0 Å². The maximum Gasteiger partial charge on any atom is 0.00669 e. The summed E-state index contributed by atoms with van der Waals surface area (Å²) in [5, 5.41) is 3.58. The largest absolute Gasteiger partial charge is 0.330 e. The van der Waals surface area contributed by atoms with Crippen LogP contribution in [0, 0.1) is 0 Å². The lowest BCUT2D eigenvalue weighted by atomic mass is 10.1. The van der Waals surface area contributed by atoms with Gasteiger partial charge in [-0.05, 0) is 32.4 Å². The molecule has 0 fully saturated rings. The van der Waals surface area contributed by atoms with Crippen molar-refractivity contribution in [2.45, 2.75) is 58.4 Å². The molecule has 0 radical (unpaired) electrons. The quantitative estimate of drug-likeness (QED) is 0.542. The average molecular weight is 186 g/mol. The van der Waals surface area contributed by atoms with E-state index in [4.69, 9.17) is 5.73 Å². The van der Waals surface area contributed by atoms with Crippen molar-refractivity contribution in [2.24, 2.45) is 5.73 Å². The lowest BCUT2D eigenvalue weighted by Crippen LogP contribution is -2.30. The van der Waals surface area contributed by atoms with Gasteiger partial charge in [-0.1, -0.05) is 33.1 Å². The molecule has 0 amide bonds. The van der Waals surface area contributed by atoms with E-state index in [1.807, 2.05) is 0 Å². The Balaban J connectivity index is 3.41. The first kappa shape index (κ1) is 12.9. The first-order valence-electron chi connectivity index (χ1n) is 5.78. The van der Waals surface area contributed by atoms with Crippen LogP contribution in [-0.2, 0) is 0 Å². The number of rotatable bonds is 9. The van der Waals surface area contributed by atoms with Gasteiger partial charge in [0.25, 0.3) is 0 Å². The minimum atomic E-state index is 0.733. The number of nitrogens with one attached hydrogen (secondary N) is 1. The molecule has 3 N–H and O–H groups in total. The molecule has 0 aliphatic carbocycles. The molecular weight excluding hydrogens is 160 g/mol. The van der Waals surface area contributed by atoms with Gasteiger partial charge in [-0.15, -0.1) is 0 Å². The lowest BCUT2D eigenvalue weighted by Gasteiger charge is -2.17. The Hall–Kier alpha value is -0.0800. The van der Waals surface area contributed by atoms with Crippen molar-refractivity contribution in [2.75, 3.05) is 13.1 Å². The van der Waals surface area contributed by atoms with Crippen LogP contribution in [0.25, 0.3) is 0 Å². The number of nitrogens with two attached hydrogens (primary N) is 1. The Labute approximate surface area is 83.3 Å². The molecule has 13 heavy (non-hydrogen) atoms. The molecule has 80 valence electrons. The van der Waals surface area contributed by atoms with E-state index in [1.165, 1.54) is 32.1 Å². The third kappa shape index (κ3) is 8.26. The highest BCUT2D eigenvalue weighted by molar-refractivity contribution is 4.65. The zero-order chi connectivity index (χ0) is 9.94. The Kier molecular flexibility index (Phi) is 9.94. The van der Waals surface area contributed by atoms with Gasteiger partial charge in [0.05, 0.1) is 0 Å². The molecule has 0 aromatic rings. The SMILES string of the molecule is CCCCC(CCC)NCCCN. The summed E-state index contributed by atoms with van der Waals surface area (Å²) in [7, 11) is 0. The molecule has 0 saturated carbocycles. The van der Waals surface area contributed by atoms with Gasteiger partial charge < -0.3 is 11.1 Å². The molecule has 0 aromatic heterocycles. The van der Waals surface area contributed by atoms with Gasteiger partial charge in [-0.25, -0.2) is 0 Å². The summed E-state index contributed by atoms with van der Waals surface area (Å²) < 4.78 is 0. The van der Waals surface area contributed by atoms with Gasteiger partial charge in [-0.3, -0.25) is 0 Å². The van der Waals surface area contributed by atoms with E-state index in [9.17, 15) is 0 Å². The third-order valence-electron chi connectivity index (χ3n) is 2.36. The first-order valence-corrected chi connectivity index (χ1v) is 5.78. The average Bonchev–Trinajstić information content (AvgIpc) is 2.14. The van der Waals surface area contributed by atoms with E-state index in [0.717, 1.165) is 25.6 Å². The lowest BCUT2D eigenvalue weighted by molar-refractivity contribution is 0.433. The van der Waals surface area contributed by atoms with Crippen LogP contribution in [-0.4, -0.2) is 19.1 Å². The van der Waals surface area contributed by atoms with Crippen LogP contribution >= 0.6 is 0 Å². The summed E-state index contributed by atoms with van der Waals surface area (Å²) in [4.78, 5) is 0. The third-order valence-corrected chi connectivity index (χ3v) is 2.36. The summed E-state index contributed by atoms with van der Waals surface area (Å²) in [6.45, 7) is 6.40. The van der Waals surface area contributed by atoms with E-state index >= 15 is 0 Å². The molecule has 2 heteroatoms. The van der Waals surface area contributed by atoms with Crippen LogP contribution in [0.5, 0.6) is 0 Å². The second-order valence-corrected chi connectivity index (χ2v) is 3.72. The Bertz CT molecular complexity index is 94.1. The van der Waals surface area contributed by atoms with Crippen LogP contribution in [0.3, 0.4) is 0 Å². The smallest absolute Gasteiger partial charge is 0.00669 e. The van der Waals surface area contributed by atoms with Crippen molar-refractivity contribution in [3.63, 3.8) is 0 Å². The standard InChI is InChI=1S/C11H26N2/c1-3-5-8-11(7-4-2)13-10-6-9-12/h11,13H,3-10,12H2,1-2H3. The fourth-order valence-corrected chi connectivity index (χ4v) is 1.56. The Morgan fingerprint density at radius 3 is 2.38 bits per heavy atom. The van der Waals surface area contributed by atoms with Crippen LogP contribution in [0.2, 0.25) is 0 Å². The van der Waals surface area contributed by atoms with Crippen molar-refractivity contribution in [1.29, 1.82) is 0 Å². The van der Waals surface area contributed by atoms with Crippen molar-refractivity contribution in [3.05, 3.63) is 0 Å². The van der Waals surface area contributed by atoms with Gasteiger partial charge in [-0.2, -0.15) is 0 Å². The monoisotopic (exact) mass is 186 g/mol. The van der Waals surface area contributed by atoms with E-state index in [-0.39, 0.29) is 0 Å². The number of hydrogen-bond acceptors (Lipinski definition) is 2. The van der Waals surface area contributed by atoms with Gasteiger partial charge in [0.2, 0.25) is 0 Å². The van der Waals surface area contributed by atoms with Crippen LogP contribution in [0.15, 0.2) is 0 Å². The summed E-state index contributed by atoms with van der Waals surface area (Å²) in [6.07, 6.45) is 7.68. The fourth-order valence-electron chi connectivity index (χ4n) is 1.56. The van der Waals surface area contributed by atoms with Crippen molar-refractivity contribution < 1.29 is 0 Å². The highest BCUT2D eigenvalue weighted by Crippen LogP contribution is 2.06. The molecule has 0 aliphatic heterocycles. The zero-order valence-electron chi connectivity index (χ0n) is 9.31. The summed E-state index contributed by atoms with van der Waals surface area (Å²) in [6, 6.07) is 0.733. The van der Waals surface area contributed by atoms with Gasteiger partial charge in [0.1, 0.15) is 0 Å². The Morgan fingerprint density at radius 2 is 1.85 bits per heavy atom. The van der Waals surface area contributed by atoms with E-state index in [2.05, 4.69) is 19.2 Å². The van der Waals surface area contributed by atoms with Gasteiger partial charge >= 0.3 is 0 Å². The molecule has 0 bridgehead atoms. The molecule has 1 atom stereocenters. The molecular formula is C11H26N2.